The summed E-state index contributed by atoms with van der Waals surface area (Å²) in [4.78, 5) is 0. The highest BCUT2D eigenvalue weighted by Gasteiger charge is 2.57. The van der Waals surface area contributed by atoms with Gasteiger partial charge in [-0.15, -0.1) is 0 Å². The molecule has 1 N–H and O–H groups in total. The van der Waals surface area contributed by atoms with E-state index in [1.807, 2.05) is 12.1 Å². The van der Waals surface area contributed by atoms with Crippen LogP contribution in [0.4, 0.5) is 0 Å². The Hall–Kier alpha value is -1.02. The number of hydrogen-bond acceptors (Lipinski definition) is 2. The number of fused-ring (bicyclic) bond motifs is 2. The molecule has 2 heteroatoms. The monoisotopic (exact) mass is 260 g/mol. The lowest BCUT2D eigenvalue weighted by atomic mass is 9.45. The summed E-state index contributed by atoms with van der Waals surface area (Å²) in [6, 6.07) is 8.26. The Balaban J connectivity index is 1.68. The van der Waals surface area contributed by atoms with Gasteiger partial charge in [-0.25, -0.2) is 0 Å². The zero-order valence-electron chi connectivity index (χ0n) is 12.1. The second kappa shape index (κ2) is 4.52. The second-order valence-electron chi connectivity index (χ2n) is 6.90. The molecule has 2 nitrogen and oxygen atoms in total. The van der Waals surface area contributed by atoms with Gasteiger partial charge in [0.1, 0.15) is 5.75 Å². The highest BCUT2D eigenvalue weighted by molar-refractivity contribution is 5.27. The Kier molecular flexibility index (Phi) is 3.09. The normalized spacial score (nSPS) is 35.6. The van der Waals surface area contributed by atoms with Crippen LogP contribution >= 0.6 is 0 Å². The van der Waals surface area contributed by atoms with E-state index in [1.54, 1.807) is 7.11 Å². The molecular weight excluding hydrogens is 236 g/mol. The molecule has 0 amide bonds. The summed E-state index contributed by atoms with van der Waals surface area (Å²) in [5.74, 6) is 2.65. The lowest BCUT2D eigenvalue weighted by Gasteiger charge is -2.61. The summed E-state index contributed by atoms with van der Waals surface area (Å²) in [7, 11) is 1.69. The van der Waals surface area contributed by atoms with Crippen LogP contribution < -0.4 is 4.74 Å². The van der Waals surface area contributed by atoms with Crippen molar-refractivity contribution in [2.75, 3.05) is 7.11 Å². The predicted molar refractivity (Wildman–Crippen MR) is 76.2 cm³/mol. The molecule has 0 heterocycles. The molecule has 19 heavy (non-hydrogen) atoms. The van der Waals surface area contributed by atoms with Gasteiger partial charge in [-0.05, 0) is 60.1 Å². The predicted octanol–water partition coefficient (Wildman–Crippen LogP) is 3.28. The second-order valence-corrected chi connectivity index (χ2v) is 6.90. The summed E-state index contributed by atoms with van der Waals surface area (Å²) < 4.78 is 5.18. The van der Waals surface area contributed by atoms with Gasteiger partial charge in [-0.3, -0.25) is 0 Å². The van der Waals surface area contributed by atoms with Gasteiger partial charge in [0.25, 0.3) is 0 Å². The lowest BCUT2D eigenvalue weighted by molar-refractivity contribution is -0.169. The molecule has 104 valence electrons. The quantitative estimate of drug-likeness (QED) is 0.903. The molecule has 3 saturated carbocycles. The maximum absolute atomic E-state index is 10.5. The van der Waals surface area contributed by atoms with Gasteiger partial charge in [0.05, 0.1) is 13.2 Å². The van der Waals surface area contributed by atoms with Crippen LogP contribution in [0, 0.1) is 23.2 Å². The molecule has 0 unspecified atom stereocenters. The summed E-state index contributed by atoms with van der Waals surface area (Å²) in [6.45, 7) is 4.64. The van der Waals surface area contributed by atoms with E-state index < -0.39 is 0 Å². The Morgan fingerprint density at radius 2 is 1.89 bits per heavy atom. The Labute approximate surface area is 115 Å². The summed E-state index contributed by atoms with van der Waals surface area (Å²) in [5, 5.41) is 10.5. The number of rotatable bonds is 3. The van der Waals surface area contributed by atoms with Crippen molar-refractivity contribution >= 4 is 0 Å². The zero-order chi connectivity index (χ0) is 13.6. The maximum atomic E-state index is 10.5. The first kappa shape index (κ1) is 13.0. The van der Waals surface area contributed by atoms with Gasteiger partial charge in [0.15, 0.2) is 0 Å². The van der Waals surface area contributed by atoms with Crippen LogP contribution in [0.1, 0.15) is 32.3 Å². The van der Waals surface area contributed by atoms with E-state index in [1.165, 1.54) is 18.4 Å². The van der Waals surface area contributed by atoms with Crippen LogP contribution in [0.2, 0.25) is 0 Å². The molecule has 4 rings (SSSR count). The summed E-state index contributed by atoms with van der Waals surface area (Å²) >= 11 is 0. The van der Waals surface area contributed by atoms with Crippen molar-refractivity contribution in [3.8, 4) is 5.75 Å². The maximum Gasteiger partial charge on any atom is 0.118 e. The standard InChI is InChI=1S/C17H24O2/c1-17(2)13-9-12(16(18)15(17)10-13)8-11-4-6-14(19-3)7-5-11/h4-7,12-13,15-16,18H,8-10H2,1-3H3/t12-,13+,15+,16-/m1/s1. The van der Waals surface area contributed by atoms with Crippen LogP contribution in [0.3, 0.4) is 0 Å². The zero-order valence-corrected chi connectivity index (χ0v) is 12.1. The lowest BCUT2D eigenvalue weighted by Crippen LogP contribution is -2.58. The summed E-state index contributed by atoms with van der Waals surface area (Å²) in [5.41, 5.74) is 1.67. The van der Waals surface area contributed by atoms with E-state index in [-0.39, 0.29) is 6.10 Å². The van der Waals surface area contributed by atoms with Gasteiger partial charge in [0.2, 0.25) is 0 Å². The molecular formula is C17H24O2. The number of aliphatic hydroxyl groups is 1. The number of hydrogen-bond donors (Lipinski definition) is 1. The molecule has 0 aromatic heterocycles. The van der Waals surface area contributed by atoms with Gasteiger partial charge < -0.3 is 9.84 Å². The average molecular weight is 260 g/mol. The summed E-state index contributed by atoms with van der Waals surface area (Å²) in [6.07, 6.45) is 3.28. The fourth-order valence-electron chi connectivity index (χ4n) is 4.14. The number of methoxy groups -OCH3 is 1. The molecule has 2 bridgehead atoms. The van der Waals surface area contributed by atoms with Gasteiger partial charge in [-0.2, -0.15) is 0 Å². The molecule has 3 fully saturated rings. The number of aliphatic hydroxyl groups excluding tert-OH is 1. The van der Waals surface area contributed by atoms with Crippen molar-refractivity contribution in [3.05, 3.63) is 29.8 Å². The first-order valence-corrected chi connectivity index (χ1v) is 7.33. The first-order valence-electron chi connectivity index (χ1n) is 7.33. The number of benzene rings is 1. The fourth-order valence-corrected chi connectivity index (χ4v) is 4.14. The van der Waals surface area contributed by atoms with Crippen molar-refractivity contribution in [1.29, 1.82) is 0 Å². The molecule has 0 aliphatic heterocycles. The van der Waals surface area contributed by atoms with E-state index in [4.69, 9.17) is 4.74 Å². The molecule has 0 saturated heterocycles. The van der Waals surface area contributed by atoms with Crippen LogP contribution in [-0.4, -0.2) is 18.3 Å². The van der Waals surface area contributed by atoms with Gasteiger partial charge >= 0.3 is 0 Å². The van der Waals surface area contributed by atoms with Crippen molar-refractivity contribution in [3.63, 3.8) is 0 Å². The minimum Gasteiger partial charge on any atom is -0.497 e. The molecule has 4 atom stereocenters. The topological polar surface area (TPSA) is 29.5 Å². The molecule has 3 aliphatic carbocycles. The smallest absolute Gasteiger partial charge is 0.118 e. The minimum absolute atomic E-state index is 0.123. The highest BCUT2D eigenvalue weighted by Crippen LogP contribution is 2.60. The van der Waals surface area contributed by atoms with E-state index in [0.717, 1.165) is 18.1 Å². The SMILES string of the molecule is COc1ccc(C[C@@H]2C[C@H]3C[C@@H]([C@@H]2O)C3(C)C)cc1. The van der Waals surface area contributed by atoms with Crippen molar-refractivity contribution < 1.29 is 9.84 Å². The van der Waals surface area contributed by atoms with Crippen molar-refractivity contribution in [1.82, 2.24) is 0 Å². The molecule has 0 spiro atoms. The third-order valence-electron chi connectivity index (χ3n) is 5.69. The fraction of sp³-hybridized carbons (Fsp3) is 0.647. The molecule has 0 radical (unpaired) electrons. The van der Waals surface area contributed by atoms with E-state index >= 15 is 0 Å². The third kappa shape index (κ3) is 2.06. The Morgan fingerprint density at radius 1 is 1.21 bits per heavy atom. The van der Waals surface area contributed by atoms with Gasteiger partial charge in [-0.1, -0.05) is 26.0 Å². The average Bonchev–Trinajstić information content (AvgIpc) is 2.41. The number of ether oxygens (including phenoxy) is 1. The third-order valence-corrected chi connectivity index (χ3v) is 5.69. The molecule has 3 aliphatic rings. The molecule has 1 aromatic rings. The van der Waals surface area contributed by atoms with E-state index in [2.05, 4.69) is 26.0 Å². The van der Waals surface area contributed by atoms with E-state index in [0.29, 0.717) is 17.3 Å². The van der Waals surface area contributed by atoms with E-state index in [9.17, 15) is 5.11 Å². The first-order chi connectivity index (χ1) is 9.02. The minimum atomic E-state index is -0.123. The molecule has 1 aromatic carbocycles. The Morgan fingerprint density at radius 3 is 2.42 bits per heavy atom. The van der Waals surface area contributed by atoms with Crippen molar-refractivity contribution in [2.45, 2.75) is 39.2 Å². The van der Waals surface area contributed by atoms with Crippen molar-refractivity contribution in [2.24, 2.45) is 23.2 Å². The van der Waals surface area contributed by atoms with Crippen LogP contribution in [0.25, 0.3) is 0 Å². The van der Waals surface area contributed by atoms with Crippen LogP contribution in [0.5, 0.6) is 5.75 Å². The Bertz CT molecular complexity index is 449. The largest absolute Gasteiger partial charge is 0.497 e. The van der Waals surface area contributed by atoms with Crippen LogP contribution in [0.15, 0.2) is 24.3 Å². The highest BCUT2D eigenvalue weighted by atomic mass is 16.5. The van der Waals surface area contributed by atoms with Crippen LogP contribution in [-0.2, 0) is 6.42 Å². The van der Waals surface area contributed by atoms with Gasteiger partial charge in [0, 0.05) is 0 Å².